The first-order chi connectivity index (χ1) is 13.5. The summed E-state index contributed by atoms with van der Waals surface area (Å²) >= 11 is 1.38. The Morgan fingerprint density at radius 1 is 1.18 bits per heavy atom. The Morgan fingerprint density at radius 3 is 2.54 bits per heavy atom. The molecule has 0 unspecified atom stereocenters. The van der Waals surface area contributed by atoms with Gasteiger partial charge >= 0.3 is 0 Å². The summed E-state index contributed by atoms with van der Waals surface area (Å²) in [5.41, 5.74) is 1.14. The van der Waals surface area contributed by atoms with E-state index in [0.717, 1.165) is 5.56 Å². The number of nitrogens with one attached hydrogen (secondary N) is 1. The molecule has 1 saturated heterocycles. The Balaban J connectivity index is 1.71. The fraction of sp³-hybridized carbons (Fsp3) is 0.450. The molecule has 6 nitrogen and oxygen atoms in total. The second-order valence-electron chi connectivity index (χ2n) is 7.01. The molecule has 1 aliphatic rings. The Labute approximate surface area is 171 Å². The second kappa shape index (κ2) is 9.65. The summed E-state index contributed by atoms with van der Waals surface area (Å²) < 4.78 is 27.0. The lowest BCUT2D eigenvalue weighted by molar-refractivity contribution is 0.0762. The highest BCUT2D eigenvalue weighted by Crippen LogP contribution is 2.19. The van der Waals surface area contributed by atoms with Gasteiger partial charge in [0.15, 0.2) is 0 Å². The first-order valence-corrected chi connectivity index (χ1v) is 12.0. The topological polar surface area (TPSA) is 69.7 Å². The summed E-state index contributed by atoms with van der Waals surface area (Å²) in [6.07, 6.45) is 0. The molecule has 2 heterocycles. The monoisotopic (exact) mass is 421 g/mol. The predicted molar refractivity (Wildman–Crippen MR) is 113 cm³/mol. The van der Waals surface area contributed by atoms with Gasteiger partial charge in [0.2, 0.25) is 10.0 Å². The first kappa shape index (κ1) is 21.0. The summed E-state index contributed by atoms with van der Waals surface area (Å²) in [6, 6.07) is 13.6. The van der Waals surface area contributed by atoms with Crippen LogP contribution in [0.3, 0.4) is 0 Å². The summed E-state index contributed by atoms with van der Waals surface area (Å²) in [6.45, 7) is 5.06. The number of sulfonamides is 1. The molecular weight excluding hydrogens is 394 g/mol. The van der Waals surface area contributed by atoms with Gasteiger partial charge in [0.25, 0.3) is 5.91 Å². The summed E-state index contributed by atoms with van der Waals surface area (Å²) in [4.78, 5) is 15.3. The summed E-state index contributed by atoms with van der Waals surface area (Å²) in [5.74, 6) is -0.0358. The predicted octanol–water partition coefficient (Wildman–Crippen LogP) is 2.23. The van der Waals surface area contributed by atoms with Crippen LogP contribution in [0.2, 0.25) is 0 Å². The molecule has 2 aromatic rings. The van der Waals surface area contributed by atoms with Crippen LogP contribution in [0.4, 0.5) is 0 Å². The molecule has 8 heteroatoms. The quantitative estimate of drug-likeness (QED) is 0.710. The van der Waals surface area contributed by atoms with Gasteiger partial charge in [-0.3, -0.25) is 4.79 Å². The van der Waals surface area contributed by atoms with E-state index in [4.69, 9.17) is 0 Å². The summed E-state index contributed by atoms with van der Waals surface area (Å²) in [5, 5.41) is 5.03. The van der Waals surface area contributed by atoms with E-state index < -0.39 is 10.0 Å². The van der Waals surface area contributed by atoms with E-state index in [-0.39, 0.29) is 24.1 Å². The Kier molecular flexibility index (Phi) is 7.23. The average molecular weight is 422 g/mol. The molecule has 0 radical (unpaired) electrons. The number of amides is 1. The van der Waals surface area contributed by atoms with Crippen molar-refractivity contribution in [1.29, 1.82) is 0 Å². The van der Waals surface area contributed by atoms with Crippen LogP contribution in [0.15, 0.2) is 47.8 Å². The van der Waals surface area contributed by atoms with Crippen molar-refractivity contribution < 1.29 is 13.2 Å². The number of piperazine rings is 1. The van der Waals surface area contributed by atoms with Crippen molar-refractivity contribution >= 4 is 27.3 Å². The highest BCUT2D eigenvalue weighted by atomic mass is 32.2. The lowest BCUT2D eigenvalue weighted by Gasteiger charge is -2.29. The molecule has 1 atom stereocenters. The third-order valence-corrected chi connectivity index (χ3v) is 7.68. The normalized spacial score (nSPS) is 16.6. The Morgan fingerprint density at radius 2 is 1.89 bits per heavy atom. The molecule has 1 amide bonds. The maximum atomic E-state index is 13.0. The maximum Gasteiger partial charge on any atom is 0.263 e. The highest BCUT2D eigenvalue weighted by molar-refractivity contribution is 7.89. The largest absolute Gasteiger partial charge is 0.336 e. The first-order valence-electron chi connectivity index (χ1n) is 9.53. The van der Waals surface area contributed by atoms with Crippen LogP contribution in [-0.4, -0.2) is 68.6 Å². The number of carbonyl (C=O) groups excluding carboxylic acids is 1. The van der Waals surface area contributed by atoms with E-state index in [9.17, 15) is 13.2 Å². The molecule has 1 aromatic heterocycles. The van der Waals surface area contributed by atoms with E-state index in [1.807, 2.05) is 41.8 Å². The van der Waals surface area contributed by atoms with Crippen LogP contribution >= 0.6 is 11.3 Å². The minimum atomic E-state index is -3.38. The fourth-order valence-electron chi connectivity index (χ4n) is 3.33. The van der Waals surface area contributed by atoms with Crippen LogP contribution in [-0.2, 0) is 10.0 Å². The lowest BCUT2D eigenvalue weighted by Crippen LogP contribution is -2.48. The average Bonchev–Trinajstić information content (AvgIpc) is 3.26. The van der Waals surface area contributed by atoms with Gasteiger partial charge in [-0.05, 0) is 22.9 Å². The van der Waals surface area contributed by atoms with Crippen LogP contribution in [0.25, 0.3) is 0 Å². The van der Waals surface area contributed by atoms with Crippen molar-refractivity contribution in [1.82, 2.24) is 14.5 Å². The Hall–Kier alpha value is -1.74. The zero-order valence-corrected chi connectivity index (χ0v) is 17.7. The minimum absolute atomic E-state index is 0.0500. The van der Waals surface area contributed by atoms with Gasteiger partial charge in [0, 0.05) is 39.3 Å². The number of hydrogen-bond donors (Lipinski definition) is 1. The number of nitrogens with zero attached hydrogens (tertiary/aromatic N) is 2. The second-order valence-corrected chi connectivity index (χ2v) is 10.0. The SMILES string of the molecule is C[C@@H](CN(CCS(=O)(=O)N1CCNCC1)C(=O)c1cccs1)c1ccccc1. The van der Waals surface area contributed by atoms with Crippen molar-refractivity contribution in [3.8, 4) is 0 Å². The van der Waals surface area contributed by atoms with Crippen molar-refractivity contribution in [2.24, 2.45) is 0 Å². The number of hydrogen-bond acceptors (Lipinski definition) is 5. The van der Waals surface area contributed by atoms with Crippen LogP contribution < -0.4 is 5.32 Å². The van der Waals surface area contributed by atoms with Gasteiger partial charge in [0.05, 0.1) is 10.6 Å². The zero-order valence-electron chi connectivity index (χ0n) is 16.1. The zero-order chi connectivity index (χ0) is 20.0. The molecule has 1 aromatic carbocycles. The number of thiophene rings is 1. The number of rotatable bonds is 8. The van der Waals surface area contributed by atoms with Crippen molar-refractivity contribution in [2.75, 3.05) is 45.0 Å². The van der Waals surface area contributed by atoms with E-state index in [1.165, 1.54) is 15.6 Å². The molecule has 3 rings (SSSR count). The van der Waals surface area contributed by atoms with Crippen LogP contribution in [0.1, 0.15) is 28.1 Å². The number of carbonyl (C=O) groups is 1. The molecule has 152 valence electrons. The smallest absolute Gasteiger partial charge is 0.263 e. The lowest BCUT2D eigenvalue weighted by atomic mass is 10.0. The van der Waals surface area contributed by atoms with Gasteiger partial charge in [-0.1, -0.05) is 43.3 Å². The molecule has 0 spiro atoms. The van der Waals surface area contributed by atoms with Crippen LogP contribution in [0.5, 0.6) is 0 Å². The molecule has 1 N–H and O–H groups in total. The summed E-state index contributed by atoms with van der Waals surface area (Å²) in [7, 11) is -3.38. The standard InChI is InChI=1S/C20H27N3O3S2/c1-17(18-6-3-2-4-7-18)16-22(20(24)19-8-5-14-27-19)13-15-28(25,26)23-11-9-21-10-12-23/h2-8,14,17,21H,9-13,15-16H2,1H3/t17-/m0/s1. The molecule has 28 heavy (non-hydrogen) atoms. The van der Waals surface area contributed by atoms with E-state index in [0.29, 0.717) is 37.6 Å². The Bertz CT molecular complexity index is 848. The van der Waals surface area contributed by atoms with Crippen molar-refractivity contribution in [3.63, 3.8) is 0 Å². The minimum Gasteiger partial charge on any atom is -0.336 e. The van der Waals surface area contributed by atoms with Gasteiger partial charge in [0.1, 0.15) is 0 Å². The molecule has 1 fully saturated rings. The molecule has 0 aliphatic carbocycles. The van der Waals surface area contributed by atoms with Crippen molar-refractivity contribution in [3.05, 3.63) is 58.3 Å². The fourth-order valence-corrected chi connectivity index (χ4v) is 5.47. The van der Waals surface area contributed by atoms with E-state index >= 15 is 0 Å². The van der Waals surface area contributed by atoms with Gasteiger partial charge < -0.3 is 10.2 Å². The molecule has 1 aliphatic heterocycles. The van der Waals surface area contributed by atoms with Crippen molar-refractivity contribution in [2.45, 2.75) is 12.8 Å². The molecule has 0 saturated carbocycles. The number of benzene rings is 1. The highest BCUT2D eigenvalue weighted by Gasteiger charge is 2.27. The van der Waals surface area contributed by atoms with Gasteiger partial charge in [-0.15, -0.1) is 11.3 Å². The maximum absolute atomic E-state index is 13.0. The van der Waals surface area contributed by atoms with Crippen LogP contribution in [0, 0.1) is 0 Å². The van der Waals surface area contributed by atoms with Gasteiger partial charge in [-0.25, -0.2) is 8.42 Å². The van der Waals surface area contributed by atoms with E-state index in [2.05, 4.69) is 12.2 Å². The van der Waals surface area contributed by atoms with E-state index in [1.54, 1.807) is 11.0 Å². The molecular formula is C20H27N3O3S2. The molecule has 0 bridgehead atoms. The third kappa shape index (κ3) is 5.41. The van der Waals surface area contributed by atoms with Gasteiger partial charge in [-0.2, -0.15) is 4.31 Å². The third-order valence-electron chi connectivity index (χ3n) is 4.97.